The number of pyridine rings is 1. The van der Waals surface area contributed by atoms with E-state index in [-0.39, 0.29) is 17.5 Å². The predicted molar refractivity (Wildman–Crippen MR) is 99.4 cm³/mol. The number of hydrogen-bond donors (Lipinski definition) is 1. The Morgan fingerprint density at radius 2 is 2.04 bits per heavy atom. The van der Waals surface area contributed by atoms with E-state index in [1.807, 2.05) is 4.90 Å². The first kappa shape index (κ1) is 18.0. The lowest BCUT2D eigenvalue weighted by atomic mass is 9.96. The smallest absolute Gasteiger partial charge is 0.273 e. The predicted octanol–water partition coefficient (Wildman–Crippen LogP) is 2.61. The van der Waals surface area contributed by atoms with Gasteiger partial charge < -0.3 is 19.2 Å². The number of furan rings is 1. The maximum absolute atomic E-state index is 12.4. The van der Waals surface area contributed by atoms with Gasteiger partial charge in [-0.1, -0.05) is 5.16 Å². The van der Waals surface area contributed by atoms with Crippen molar-refractivity contribution in [3.05, 3.63) is 60.2 Å². The van der Waals surface area contributed by atoms with Crippen molar-refractivity contribution in [3.63, 3.8) is 0 Å². The Labute approximate surface area is 161 Å². The van der Waals surface area contributed by atoms with Gasteiger partial charge in [-0.2, -0.15) is 0 Å². The van der Waals surface area contributed by atoms with Gasteiger partial charge in [0.05, 0.1) is 11.8 Å². The van der Waals surface area contributed by atoms with Gasteiger partial charge >= 0.3 is 0 Å². The minimum absolute atomic E-state index is 0.00337. The van der Waals surface area contributed by atoms with Crippen LogP contribution >= 0.6 is 0 Å². The number of carbonyl (C=O) groups excluding carboxylic acids is 2. The molecule has 0 atom stereocenters. The van der Waals surface area contributed by atoms with Gasteiger partial charge in [-0.25, -0.2) is 0 Å². The molecule has 0 aromatic carbocycles. The summed E-state index contributed by atoms with van der Waals surface area (Å²) in [6, 6.07) is 8.57. The largest absolute Gasteiger partial charge is 0.461 e. The molecule has 1 aliphatic rings. The molecule has 4 heterocycles. The standard InChI is InChI=1S/C20H20N4O4/c25-19(16-11-18(28-23-16)17-4-2-10-27-17)22-12-14-5-8-24(9-6-14)20(26)15-3-1-7-21-13-15/h1-4,7,10-11,13-14H,5-6,8-9,12H2,(H,22,25). The molecule has 3 aromatic heterocycles. The van der Waals surface area contributed by atoms with Gasteiger partial charge in [0.1, 0.15) is 0 Å². The number of aromatic nitrogens is 2. The summed E-state index contributed by atoms with van der Waals surface area (Å²) in [6.45, 7) is 1.87. The Morgan fingerprint density at radius 3 is 2.75 bits per heavy atom. The first-order valence-electron chi connectivity index (χ1n) is 9.19. The van der Waals surface area contributed by atoms with Gasteiger partial charge in [-0.05, 0) is 43.0 Å². The lowest BCUT2D eigenvalue weighted by Crippen LogP contribution is -2.41. The van der Waals surface area contributed by atoms with Crippen molar-refractivity contribution in [1.29, 1.82) is 0 Å². The van der Waals surface area contributed by atoms with Crippen LogP contribution in [0.15, 0.2) is 57.9 Å². The van der Waals surface area contributed by atoms with Crippen LogP contribution < -0.4 is 5.32 Å². The summed E-state index contributed by atoms with van der Waals surface area (Å²) >= 11 is 0. The maximum atomic E-state index is 12.4. The van der Waals surface area contributed by atoms with E-state index in [1.54, 1.807) is 42.7 Å². The van der Waals surface area contributed by atoms with E-state index < -0.39 is 0 Å². The summed E-state index contributed by atoms with van der Waals surface area (Å²) in [4.78, 5) is 30.6. The molecule has 8 heteroatoms. The fourth-order valence-corrected chi connectivity index (χ4v) is 3.26. The van der Waals surface area contributed by atoms with E-state index in [1.165, 1.54) is 6.26 Å². The SMILES string of the molecule is O=C(NCC1CCN(C(=O)c2cccnc2)CC1)c1cc(-c2ccco2)on1. The van der Waals surface area contributed by atoms with Crippen molar-refractivity contribution in [2.75, 3.05) is 19.6 Å². The third-order valence-corrected chi connectivity index (χ3v) is 4.87. The zero-order valence-corrected chi connectivity index (χ0v) is 15.2. The van der Waals surface area contributed by atoms with Gasteiger partial charge in [-0.15, -0.1) is 0 Å². The van der Waals surface area contributed by atoms with Crippen molar-refractivity contribution in [2.45, 2.75) is 12.8 Å². The van der Waals surface area contributed by atoms with E-state index in [9.17, 15) is 9.59 Å². The quantitative estimate of drug-likeness (QED) is 0.730. The normalized spacial score (nSPS) is 14.8. The summed E-state index contributed by atoms with van der Waals surface area (Å²) in [7, 11) is 0. The summed E-state index contributed by atoms with van der Waals surface area (Å²) in [5.41, 5.74) is 0.822. The third-order valence-electron chi connectivity index (χ3n) is 4.87. The van der Waals surface area contributed by atoms with Crippen LogP contribution in [0.4, 0.5) is 0 Å². The number of amides is 2. The molecule has 1 saturated heterocycles. The highest BCUT2D eigenvalue weighted by molar-refractivity contribution is 5.94. The average molecular weight is 380 g/mol. The van der Waals surface area contributed by atoms with E-state index in [2.05, 4.69) is 15.5 Å². The number of nitrogens with one attached hydrogen (secondary N) is 1. The number of likely N-dealkylation sites (tertiary alicyclic amines) is 1. The second kappa shape index (κ2) is 8.08. The molecule has 3 aromatic rings. The van der Waals surface area contributed by atoms with Gasteiger partial charge in [0.25, 0.3) is 11.8 Å². The fraction of sp³-hybridized carbons (Fsp3) is 0.300. The lowest BCUT2D eigenvalue weighted by Gasteiger charge is -2.32. The zero-order valence-electron chi connectivity index (χ0n) is 15.2. The molecule has 2 amide bonds. The summed E-state index contributed by atoms with van der Waals surface area (Å²) in [5, 5.41) is 6.70. The van der Waals surface area contributed by atoms with Crippen molar-refractivity contribution >= 4 is 11.8 Å². The average Bonchev–Trinajstić information content (AvgIpc) is 3.44. The van der Waals surface area contributed by atoms with Crippen LogP contribution in [0.2, 0.25) is 0 Å². The molecule has 1 fully saturated rings. The Kier molecular flexibility index (Phi) is 5.18. The summed E-state index contributed by atoms with van der Waals surface area (Å²) in [6.07, 6.45) is 6.44. The van der Waals surface area contributed by atoms with Crippen molar-refractivity contribution < 1.29 is 18.5 Å². The molecule has 0 bridgehead atoms. The topological polar surface area (TPSA) is 101 Å². The van der Waals surface area contributed by atoms with E-state index in [0.717, 1.165) is 12.8 Å². The van der Waals surface area contributed by atoms with Gasteiger partial charge in [0.2, 0.25) is 5.76 Å². The molecule has 144 valence electrons. The van der Waals surface area contributed by atoms with Crippen LogP contribution in [0.3, 0.4) is 0 Å². The highest BCUT2D eigenvalue weighted by Crippen LogP contribution is 2.21. The molecule has 8 nitrogen and oxygen atoms in total. The molecule has 4 rings (SSSR count). The molecule has 0 unspecified atom stereocenters. The maximum Gasteiger partial charge on any atom is 0.273 e. The van der Waals surface area contributed by atoms with Crippen LogP contribution in [0.1, 0.15) is 33.7 Å². The van der Waals surface area contributed by atoms with Gasteiger partial charge in [0.15, 0.2) is 11.5 Å². The van der Waals surface area contributed by atoms with Gasteiger partial charge in [0, 0.05) is 38.1 Å². The van der Waals surface area contributed by atoms with E-state index in [0.29, 0.717) is 42.6 Å². The minimum atomic E-state index is -0.282. The van der Waals surface area contributed by atoms with Crippen molar-refractivity contribution in [3.8, 4) is 11.5 Å². The van der Waals surface area contributed by atoms with Crippen LogP contribution in [-0.2, 0) is 0 Å². The number of hydrogen-bond acceptors (Lipinski definition) is 6. The molecule has 0 radical (unpaired) electrons. The number of piperidine rings is 1. The lowest BCUT2D eigenvalue weighted by molar-refractivity contribution is 0.0683. The molecule has 28 heavy (non-hydrogen) atoms. The highest BCUT2D eigenvalue weighted by atomic mass is 16.5. The molecule has 0 spiro atoms. The molecular formula is C20H20N4O4. The number of rotatable bonds is 5. The summed E-state index contributed by atoms with van der Waals surface area (Å²) < 4.78 is 10.4. The Morgan fingerprint density at radius 1 is 1.18 bits per heavy atom. The number of carbonyl (C=O) groups is 2. The fourth-order valence-electron chi connectivity index (χ4n) is 3.26. The van der Waals surface area contributed by atoms with E-state index >= 15 is 0 Å². The second-order valence-electron chi connectivity index (χ2n) is 6.74. The molecule has 0 saturated carbocycles. The number of nitrogens with zero attached hydrogens (tertiary/aromatic N) is 3. The third kappa shape index (κ3) is 3.95. The Hall–Kier alpha value is -3.42. The molecule has 0 aliphatic carbocycles. The van der Waals surface area contributed by atoms with Crippen molar-refractivity contribution in [2.24, 2.45) is 5.92 Å². The van der Waals surface area contributed by atoms with Gasteiger partial charge in [-0.3, -0.25) is 14.6 Å². The van der Waals surface area contributed by atoms with Crippen LogP contribution in [0.5, 0.6) is 0 Å². The Balaban J connectivity index is 1.25. The first-order valence-corrected chi connectivity index (χ1v) is 9.19. The van der Waals surface area contributed by atoms with Crippen molar-refractivity contribution in [1.82, 2.24) is 20.4 Å². The van der Waals surface area contributed by atoms with E-state index in [4.69, 9.17) is 8.94 Å². The Bertz CT molecular complexity index is 928. The first-order chi connectivity index (χ1) is 13.7. The molecular weight excluding hydrogens is 360 g/mol. The zero-order chi connectivity index (χ0) is 19.3. The molecule has 1 aliphatic heterocycles. The van der Waals surface area contributed by atoms with Crippen LogP contribution in [-0.4, -0.2) is 46.5 Å². The highest BCUT2D eigenvalue weighted by Gasteiger charge is 2.24. The second-order valence-corrected chi connectivity index (χ2v) is 6.74. The molecule has 1 N–H and O–H groups in total. The van der Waals surface area contributed by atoms with Crippen LogP contribution in [0, 0.1) is 5.92 Å². The summed E-state index contributed by atoms with van der Waals surface area (Å²) in [5.74, 6) is 0.979. The monoisotopic (exact) mass is 380 g/mol. The minimum Gasteiger partial charge on any atom is -0.461 e. The van der Waals surface area contributed by atoms with Crippen LogP contribution in [0.25, 0.3) is 11.5 Å².